The third kappa shape index (κ3) is 2.80. The molecule has 0 aliphatic heterocycles. The van der Waals surface area contributed by atoms with E-state index in [-0.39, 0.29) is 11.4 Å². The van der Waals surface area contributed by atoms with Crippen molar-refractivity contribution in [1.82, 2.24) is 0 Å². The minimum absolute atomic E-state index is 0.100. The second-order valence-corrected chi connectivity index (χ2v) is 4.72. The first kappa shape index (κ1) is 12.9. The zero-order chi connectivity index (χ0) is 13.1. The van der Waals surface area contributed by atoms with Gasteiger partial charge in [-0.05, 0) is 24.3 Å². The Kier molecular flexibility index (Phi) is 3.84. The zero-order valence-corrected chi connectivity index (χ0v) is 11.3. The van der Waals surface area contributed by atoms with Crippen molar-refractivity contribution in [1.29, 1.82) is 0 Å². The molecule has 0 heterocycles. The first-order chi connectivity index (χ1) is 8.58. The van der Waals surface area contributed by atoms with Gasteiger partial charge in [0, 0.05) is 10.5 Å². The van der Waals surface area contributed by atoms with Crippen molar-refractivity contribution in [2.45, 2.75) is 0 Å². The van der Waals surface area contributed by atoms with E-state index in [0.717, 1.165) is 4.47 Å². The fourth-order valence-electron chi connectivity index (χ4n) is 1.37. The van der Waals surface area contributed by atoms with E-state index in [4.69, 9.17) is 16.3 Å². The van der Waals surface area contributed by atoms with Crippen molar-refractivity contribution in [2.24, 2.45) is 0 Å². The molecule has 0 unspecified atom stereocenters. The van der Waals surface area contributed by atoms with Crippen LogP contribution in [0, 0.1) is 10.1 Å². The summed E-state index contributed by atoms with van der Waals surface area (Å²) in [5.41, 5.74) is -0.100. The number of nitro benzene ring substituents is 1. The summed E-state index contributed by atoms with van der Waals surface area (Å²) in [6.07, 6.45) is 0. The standard InChI is InChI=1S/C12H7BrClNO3/c13-8-5-6-11(9(14)7-8)18-12-4-2-1-3-10(12)15(16)17/h1-7H. The van der Waals surface area contributed by atoms with Gasteiger partial charge in [0.05, 0.1) is 9.95 Å². The van der Waals surface area contributed by atoms with Gasteiger partial charge in [0.1, 0.15) is 5.75 Å². The molecule has 0 spiro atoms. The van der Waals surface area contributed by atoms with Gasteiger partial charge in [-0.25, -0.2) is 0 Å². The van der Waals surface area contributed by atoms with Crippen LogP contribution in [0.15, 0.2) is 46.9 Å². The van der Waals surface area contributed by atoms with E-state index >= 15 is 0 Å². The Labute approximate surface area is 116 Å². The number of ether oxygens (including phenoxy) is 1. The maximum atomic E-state index is 10.8. The van der Waals surface area contributed by atoms with E-state index in [1.54, 1.807) is 30.3 Å². The number of para-hydroxylation sites is 2. The molecule has 0 saturated heterocycles. The molecule has 2 aromatic rings. The highest BCUT2D eigenvalue weighted by atomic mass is 79.9. The minimum Gasteiger partial charge on any atom is -0.449 e. The first-order valence-electron chi connectivity index (χ1n) is 4.94. The predicted octanol–water partition coefficient (Wildman–Crippen LogP) is 4.80. The molecule has 0 N–H and O–H groups in total. The van der Waals surface area contributed by atoms with Crippen molar-refractivity contribution in [2.75, 3.05) is 0 Å². The second kappa shape index (κ2) is 5.37. The molecule has 0 bridgehead atoms. The van der Waals surface area contributed by atoms with E-state index in [0.29, 0.717) is 10.8 Å². The van der Waals surface area contributed by atoms with Gasteiger partial charge in [0.25, 0.3) is 0 Å². The third-order valence-electron chi connectivity index (χ3n) is 2.18. The lowest BCUT2D eigenvalue weighted by Crippen LogP contribution is -1.93. The molecule has 18 heavy (non-hydrogen) atoms. The highest BCUT2D eigenvalue weighted by Crippen LogP contribution is 2.35. The molecule has 0 radical (unpaired) electrons. The van der Waals surface area contributed by atoms with Crippen molar-refractivity contribution in [3.8, 4) is 11.5 Å². The first-order valence-corrected chi connectivity index (χ1v) is 6.11. The highest BCUT2D eigenvalue weighted by molar-refractivity contribution is 9.10. The van der Waals surface area contributed by atoms with Crippen molar-refractivity contribution < 1.29 is 9.66 Å². The molecule has 2 rings (SSSR count). The molecule has 0 aliphatic carbocycles. The number of halogens is 2. The largest absolute Gasteiger partial charge is 0.449 e. The normalized spacial score (nSPS) is 10.1. The lowest BCUT2D eigenvalue weighted by Gasteiger charge is -2.07. The number of hydrogen-bond donors (Lipinski definition) is 0. The van der Waals surface area contributed by atoms with Gasteiger partial charge < -0.3 is 4.74 Å². The molecule has 92 valence electrons. The molecular weight excluding hydrogens is 321 g/mol. The van der Waals surface area contributed by atoms with Crippen LogP contribution in [0.5, 0.6) is 11.5 Å². The van der Waals surface area contributed by atoms with Crippen LogP contribution in [0.3, 0.4) is 0 Å². The van der Waals surface area contributed by atoms with Crippen LogP contribution in [-0.4, -0.2) is 4.92 Å². The van der Waals surface area contributed by atoms with Crippen LogP contribution < -0.4 is 4.74 Å². The van der Waals surface area contributed by atoms with E-state index in [1.165, 1.54) is 12.1 Å². The Bertz CT molecular complexity index is 604. The quantitative estimate of drug-likeness (QED) is 0.600. The van der Waals surface area contributed by atoms with Gasteiger partial charge in [0.15, 0.2) is 0 Å². The Morgan fingerprint density at radius 1 is 1.17 bits per heavy atom. The summed E-state index contributed by atoms with van der Waals surface area (Å²) < 4.78 is 6.27. The second-order valence-electron chi connectivity index (χ2n) is 3.40. The topological polar surface area (TPSA) is 52.4 Å². The number of hydrogen-bond acceptors (Lipinski definition) is 3. The average Bonchev–Trinajstić information content (AvgIpc) is 2.33. The summed E-state index contributed by atoms with van der Waals surface area (Å²) in [5.74, 6) is 0.529. The van der Waals surface area contributed by atoms with Crippen molar-refractivity contribution >= 4 is 33.2 Å². The minimum atomic E-state index is -0.498. The molecule has 4 nitrogen and oxygen atoms in total. The van der Waals surface area contributed by atoms with Gasteiger partial charge in [-0.15, -0.1) is 0 Å². The van der Waals surface area contributed by atoms with Gasteiger partial charge in [-0.2, -0.15) is 0 Å². The fourth-order valence-corrected chi connectivity index (χ4v) is 2.08. The van der Waals surface area contributed by atoms with Crippen LogP contribution >= 0.6 is 27.5 Å². The summed E-state index contributed by atoms with van der Waals surface area (Å²) in [6.45, 7) is 0. The van der Waals surface area contributed by atoms with Crippen LogP contribution in [0.4, 0.5) is 5.69 Å². The SMILES string of the molecule is O=[N+]([O-])c1ccccc1Oc1ccc(Br)cc1Cl. The van der Waals surface area contributed by atoms with Gasteiger partial charge in [0.2, 0.25) is 5.75 Å². The Morgan fingerprint density at radius 3 is 2.56 bits per heavy atom. The number of nitrogens with zero attached hydrogens (tertiary/aromatic N) is 1. The van der Waals surface area contributed by atoms with E-state index < -0.39 is 4.92 Å². The molecule has 0 atom stereocenters. The highest BCUT2D eigenvalue weighted by Gasteiger charge is 2.15. The van der Waals surface area contributed by atoms with Crippen LogP contribution in [0.2, 0.25) is 5.02 Å². The zero-order valence-electron chi connectivity index (χ0n) is 8.97. The molecule has 2 aromatic carbocycles. The molecule has 0 aliphatic rings. The summed E-state index contributed by atoms with van der Waals surface area (Å²) >= 11 is 9.26. The average molecular weight is 329 g/mol. The number of rotatable bonds is 3. The van der Waals surface area contributed by atoms with Crippen LogP contribution in [0.1, 0.15) is 0 Å². The third-order valence-corrected chi connectivity index (χ3v) is 2.96. The molecule has 0 fully saturated rings. The lowest BCUT2D eigenvalue weighted by molar-refractivity contribution is -0.385. The Balaban J connectivity index is 2.37. The van der Waals surface area contributed by atoms with Gasteiger partial charge in [-0.1, -0.05) is 39.7 Å². The summed E-state index contributed by atoms with van der Waals surface area (Å²) in [7, 11) is 0. The smallest absolute Gasteiger partial charge is 0.311 e. The maximum absolute atomic E-state index is 10.8. The lowest BCUT2D eigenvalue weighted by atomic mass is 10.3. The summed E-state index contributed by atoms with van der Waals surface area (Å²) in [6, 6.07) is 11.2. The summed E-state index contributed by atoms with van der Waals surface area (Å²) in [4.78, 5) is 10.3. The summed E-state index contributed by atoms with van der Waals surface area (Å²) in [5, 5.41) is 11.2. The maximum Gasteiger partial charge on any atom is 0.311 e. The van der Waals surface area contributed by atoms with Crippen molar-refractivity contribution in [3.63, 3.8) is 0 Å². The Morgan fingerprint density at radius 2 is 1.89 bits per heavy atom. The van der Waals surface area contributed by atoms with Gasteiger partial charge in [-0.3, -0.25) is 10.1 Å². The molecule has 6 heteroatoms. The van der Waals surface area contributed by atoms with Crippen molar-refractivity contribution in [3.05, 3.63) is 62.1 Å². The molecule has 0 aromatic heterocycles. The predicted molar refractivity (Wildman–Crippen MR) is 72.3 cm³/mol. The monoisotopic (exact) mass is 327 g/mol. The molecule has 0 saturated carbocycles. The number of nitro groups is 1. The fraction of sp³-hybridized carbons (Fsp3) is 0. The van der Waals surface area contributed by atoms with E-state index in [2.05, 4.69) is 15.9 Å². The molecular formula is C12H7BrClNO3. The number of benzene rings is 2. The van der Waals surface area contributed by atoms with E-state index in [1.807, 2.05) is 0 Å². The Hall–Kier alpha value is -1.59. The van der Waals surface area contributed by atoms with E-state index in [9.17, 15) is 10.1 Å². The van der Waals surface area contributed by atoms with Crippen LogP contribution in [0.25, 0.3) is 0 Å². The molecule has 0 amide bonds. The van der Waals surface area contributed by atoms with Crippen LogP contribution in [-0.2, 0) is 0 Å². The van der Waals surface area contributed by atoms with Gasteiger partial charge >= 0.3 is 5.69 Å².